The number of rotatable bonds is 5. The number of ether oxygens (including phenoxy) is 1. The lowest BCUT2D eigenvalue weighted by Gasteiger charge is -2.08. The van der Waals surface area contributed by atoms with Crippen molar-refractivity contribution in [2.45, 2.75) is 13.3 Å². The second-order valence-electron chi connectivity index (χ2n) is 3.98. The third-order valence-electron chi connectivity index (χ3n) is 2.59. The van der Waals surface area contributed by atoms with Crippen LogP contribution < -0.4 is 11.1 Å². The van der Waals surface area contributed by atoms with Crippen LogP contribution in [-0.2, 0) is 9.53 Å². The van der Waals surface area contributed by atoms with Crippen LogP contribution in [0.5, 0.6) is 0 Å². The third-order valence-corrected chi connectivity index (χ3v) is 2.59. The number of nitrogens with zero attached hydrogens (tertiary/aromatic N) is 2. The Morgan fingerprint density at radius 2 is 2.26 bits per heavy atom. The Kier molecular flexibility index (Phi) is 4.12. The predicted octanol–water partition coefficient (Wildman–Crippen LogP) is 1.58. The fourth-order valence-electron chi connectivity index (χ4n) is 1.73. The molecule has 100 valence electrons. The molecule has 0 unspecified atom stereocenters. The Bertz CT molecular complexity index is 586. The molecule has 6 heteroatoms. The summed E-state index contributed by atoms with van der Waals surface area (Å²) in [4.78, 5) is 19.6. The summed E-state index contributed by atoms with van der Waals surface area (Å²) in [6.45, 7) is 2.64. The molecule has 0 aliphatic heterocycles. The van der Waals surface area contributed by atoms with Crippen LogP contribution in [0.3, 0.4) is 0 Å². The molecular weight excluding hydrogens is 244 g/mol. The zero-order valence-corrected chi connectivity index (χ0v) is 10.7. The Hall–Kier alpha value is -2.37. The molecule has 0 aliphatic carbocycles. The SMILES string of the molecule is CCOC(=O)CCNc1ncnc2ccc(N)cc12. The van der Waals surface area contributed by atoms with Crippen LogP contribution in [0.15, 0.2) is 24.5 Å². The Labute approximate surface area is 111 Å². The first-order chi connectivity index (χ1) is 9.20. The summed E-state index contributed by atoms with van der Waals surface area (Å²) in [5.41, 5.74) is 7.21. The molecule has 0 amide bonds. The van der Waals surface area contributed by atoms with Gasteiger partial charge in [0.1, 0.15) is 12.1 Å². The van der Waals surface area contributed by atoms with Gasteiger partial charge in [0, 0.05) is 17.6 Å². The highest BCUT2D eigenvalue weighted by Crippen LogP contribution is 2.21. The number of esters is 1. The number of aromatic nitrogens is 2. The molecule has 3 N–H and O–H groups in total. The second-order valence-corrected chi connectivity index (χ2v) is 3.98. The maximum atomic E-state index is 11.2. The van der Waals surface area contributed by atoms with Crippen LogP contribution in [0.1, 0.15) is 13.3 Å². The number of hydrogen-bond acceptors (Lipinski definition) is 6. The Morgan fingerprint density at radius 1 is 1.42 bits per heavy atom. The lowest BCUT2D eigenvalue weighted by atomic mass is 10.2. The van der Waals surface area contributed by atoms with E-state index in [-0.39, 0.29) is 5.97 Å². The topological polar surface area (TPSA) is 90.1 Å². The minimum atomic E-state index is -0.229. The molecule has 1 aromatic carbocycles. The highest BCUT2D eigenvalue weighted by Gasteiger charge is 2.05. The van der Waals surface area contributed by atoms with Gasteiger partial charge in [-0.2, -0.15) is 0 Å². The van der Waals surface area contributed by atoms with Crippen molar-refractivity contribution < 1.29 is 9.53 Å². The normalized spacial score (nSPS) is 10.4. The maximum absolute atomic E-state index is 11.2. The zero-order chi connectivity index (χ0) is 13.7. The first kappa shape index (κ1) is 13.1. The summed E-state index contributed by atoms with van der Waals surface area (Å²) in [5, 5.41) is 3.94. The van der Waals surface area contributed by atoms with Gasteiger partial charge >= 0.3 is 5.97 Å². The molecule has 0 saturated heterocycles. The van der Waals surface area contributed by atoms with Crippen molar-refractivity contribution in [3.8, 4) is 0 Å². The van der Waals surface area contributed by atoms with Crippen LogP contribution in [0.4, 0.5) is 11.5 Å². The molecule has 1 heterocycles. The van der Waals surface area contributed by atoms with E-state index < -0.39 is 0 Å². The first-order valence-electron chi connectivity index (χ1n) is 6.10. The summed E-state index contributed by atoms with van der Waals surface area (Å²) < 4.78 is 4.85. The lowest BCUT2D eigenvalue weighted by Crippen LogP contribution is -2.12. The van der Waals surface area contributed by atoms with Crippen LogP contribution >= 0.6 is 0 Å². The molecule has 0 radical (unpaired) electrons. The molecule has 0 bridgehead atoms. The van der Waals surface area contributed by atoms with Crippen molar-refractivity contribution in [1.29, 1.82) is 0 Å². The van der Waals surface area contributed by atoms with Gasteiger partial charge in [-0.1, -0.05) is 0 Å². The van der Waals surface area contributed by atoms with Crippen molar-refractivity contribution in [3.63, 3.8) is 0 Å². The van der Waals surface area contributed by atoms with E-state index in [1.54, 1.807) is 13.0 Å². The monoisotopic (exact) mass is 260 g/mol. The smallest absolute Gasteiger partial charge is 0.307 e. The van der Waals surface area contributed by atoms with Crippen LogP contribution in [0, 0.1) is 0 Å². The number of nitrogens with two attached hydrogens (primary N) is 1. The molecule has 0 aliphatic rings. The maximum Gasteiger partial charge on any atom is 0.307 e. The van der Waals surface area contributed by atoms with Gasteiger partial charge in [-0.3, -0.25) is 4.79 Å². The van der Waals surface area contributed by atoms with E-state index in [9.17, 15) is 4.79 Å². The number of fused-ring (bicyclic) bond motifs is 1. The van der Waals surface area contributed by atoms with E-state index >= 15 is 0 Å². The number of benzene rings is 1. The number of anilines is 2. The summed E-state index contributed by atoms with van der Waals surface area (Å²) in [6, 6.07) is 5.43. The number of nitrogens with one attached hydrogen (secondary N) is 1. The minimum absolute atomic E-state index is 0.229. The van der Waals surface area contributed by atoms with E-state index in [0.717, 1.165) is 10.9 Å². The molecule has 0 atom stereocenters. The van der Waals surface area contributed by atoms with Crippen molar-refractivity contribution in [1.82, 2.24) is 9.97 Å². The average molecular weight is 260 g/mol. The molecule has 0 fully saturated rings. The highest BCUT2D eigenvalue weighted by molar-refractivity contribution is 5.91. The molecule has 2 aromatic rings. The van der Waals surface area contributed by atoms with Gasteiger partial charge in [0.25, 0.3) is 0 Å². The summed E-state index contributed by atoms with van der Waals surface area (Å²) in [7, 11) is 0. The Morgan fingerprint density at radius 3 is 3.05 bits per heavy atom. The van der Waals surface area contributed by atoms with E-state index in [1.165, 1.54) is 6.33 Å². The fraction of sp³-hybridized carbons (Fsp3) is 0.308. The standard InChI is InChI=1S/C13H16N4O2/c1-2-19-12(18)5-6-15-13-10-7-9(14)3-4-11(10)16-8-17-13/h3-4,7-8H,2,5-6,14H2,1H3,(H,15,16,17). The summed E-state index contributed by atoms with van der Waals surface area (Å²) >= 11 is 0. The van der Waals surface area contributed by atoms with Crippen molar-refractivity contribution >= 4 is 28.4 Å². The van der Waals surface area contributed by atoms with Crippen molar-refractivity contribution in [2.24, 2.45) is 0 Å². The second kappa shape index (κ2) is 5.99. The predicted molar refractivity (Wildman–Crippen MR) is 73.7 cm³/mol. The largest absolute Gasteiger partial charge is 0.466 e. The fourth-order valence-corrected chi connectivity index (χ4v) is 1.73. The van der Waals surface area contributed by atoms with Gasteiger partial charge in [0.05, 0.1) is 18.5 Å². The van der Waals surface area contributed by atoms with E-state index in [0.29, 0.717) is 31.1 Å². The molecule has 6 nitrogen and oxygen atoms in total. The zero-order valence-electron chi connectivity index (χ0n) is 10.7. The van der Waals surface area contributed by atoms with Gasteiger partial charge in [-0.15, -0.1) is 0 Å². The van der Waals surface area contributed by atoms with E-state index in [4.69, 9.17) is 10.5 Å². The number of carbonyl (C=O) groups excluding carboxylic acids is 1. The van der Waals surface area contributed by atoms with Gasteiger partial charge < -0.3 is 15.8 Å². The highest BCUT2D eigenvalue weighted by atomic mass is 16.5. The average Bonchev–Trinajstić information content (AvgIpc) is 2.39. The van der Waals surface area contributed by atoms with Crippen LogP contribution in [0.2, 0.25) is 0 Å². The Balaban J connectivity index is 2.08. The number of carbonyl (C=O) groups is 1. The van der Waals surface area contributed by atoms with E-state index in [1.807, 2.05) is 12.1 Å². The summed E-state index contributed by atoms with van der Waals surface area (Å²) in [5.74, 6) is 0.439. The van der Waals surface area contributed by atoms with Gasteiger partial charge in [-0.05, 0) is 25.1 Å². The van der Waals surface area contributed by atoms with Crippen LogP contribution in [0.25, 0.3) is 10.9 Å². The molecule has 1 aromatic heterocycles. The van der Waals surface area contributed by atoms with Crippen molar-refractivity contribution in [3.05, 3.63) is 24.5 Å². The molecule has 19 heavy (non-hydrogen) atoms. The molecule has 2 rings (SSSR count). The summed E-state index contributed by atoms with van der Waals surface area (Å²) in [6.07, 6.45) is 1.77. The molecule has 0 spiro atoms. The third kappa shape index (κ3) is 3.31. The van der Waals surface area contributed by atoms with Gasteiger partial charge in [0.2, 0.25) is 0 Å². The molecular formula is C13H16N4O2. The quantitative estimate of drug-likeness (QED) is 0.626. The first-order valence-corrected chi connectivity index (χ1v) is 6.10. The minimum Gasteiger partial charge on any atom is -0.466 e. The van der Waals surface area contributed by atoms with Gasteiger partial charge in [0.15, 0.2) is 0 Å². The van der Waals surface area contributed by atoms with Gasteiger partial charge in [-0.25, -0.2) is 9.97 Å². The van der Waals surface area contributed by atoms with Crippen molar-refractivity contribution in [2.75, 3.05) is 24.2 Å². The van der Waals surface area contributed by atoms with E-state index in [2.05, 4.69) is 15.3 Å². The van der Waals surface area contributed by atoms with Crippen LogP contribution in [-0.4, -0.2) is 29.1 Å². The number of nitrogen functional groups attached to an aromatic ring is 1. The molecule has 0 saturated carbocycles. The lowest BCUT2D eigenvalue weighted by molar-refractivity contribution is -0.142. The number of hydrogen-bond donors (Lipinski definition) is 2.